The zero-order valence-corrected chi connectivity index (χ0v) is 28.5. The Morgan fingerprint density at radius 3 is 1.03 bits per heavy atom. The minimum absolute atomic E-state index is 0.188. The first-order valence-electron chi connectivity index (χ1n) is 12.7. The van der Waals surface area contributed by atoms with E-state index in [-0.39, 0.29) is 26.3 Å². The van der Waals surface area contributed by atoms with Crippen LogP contribution in [0.3, 0.4) is 0 Å². The van der Waals surface area contributed by atoms with Gasteiger partial charge in [-0.1, -0.05) is 0 Å². The van der Waals surface area contributed by atoms with E-state index in [1.54, 1.807) is 83.1 Å². The third kappa shape index (κ3) is 20.5. The van der Waals surface area contributed by atoms with Gasteiger partial charge in [0.2, 0.25) is 0 Å². The van der Waals surface area contributed by atoms with E-state index in [9.17, 15) is 19.2 Å². The Bertz CT molecular complexity index is 727. The Morgan fingerprint density at radius 1 is 0.526 bits per heavy atom. The van der Waals surface area contributed by atoms with Crippen molar-refractivity contribution >= 4 is 50.4 Å². The zero-order valence-electron chi connectivity index (χ0n) is 25.1. The van der Waals surface area contributed by atoms with Crippen LogP contribution >= 0.6 is 0 Å². The van der Waals surface area contributed by atoms with Crippen LogP contribution < -0.4 is 10.6 Å². The summed E-state index contributed by atoms with van der Waals surface area (Å²) >= 11 is 0.376. The Morgan fingerprint density at radius 2 is 0.789 bits per heavy atom. The van der Waals surface area contributed by atoms with Crippen LogP contribution in [-0.2, 0) is 28.5 Å². The van der Waals surface area contributed by atoms with Crippen LogP contribution in [0.25, 0.3) is 0 Å². The van der Waals surface area contributed by atoms with E-state index in [1.165, 1.54) is 0 Å². The second kappa shape index (κ2) is 15.3. The van der Waals surface area contributed by atoms with Gasteiger partial charge in [0.25, 0.3) is 0 Å². The van der Waals surface area contributed by atoms with Gasteiger partial charge in [-0.15, -0.1) is 0 Å². The molecule has 0 aromatic heterocycles. The van der Waals surface area contributed by atoms with Crippen molar-refractivity contribution in [1.29, 1.82) is 0 Å². The van der Waals surface area contributed by atoms with Crippen LogP contribution in [0.2, 0.25) is 10.6 Å². The molecule has 0 bridgehead atoms. The molecule has 0 heterocycles. The number of hydrogen-bond acceptors (Lipinski definition) is 8. The zero-order chi connectivity index (χ0) is 29.9. The van der Waals surface area contributed by atoms with Crippen LogP contribution in [0.4, 0.5) is 9.59 Å². The van der Waals surface area contributed by atoms with Gasteiger partial charge in [0.15, 0.2) is 0 Å². The van der Waals surface area contributed by atoms with E-state index in [2.05, 4.69) is 10.6 Å². The molecule has 0 fully saturated rings. The van der Waals surface area contributed by atoms with Crippen LogP contribution in [0.1, 0.15) is 95.9 Å². The number of esters is 2. The molecule has 12 heteroatoms. The normalized spacial score (nSPS) is 14.1. The van der Waals surface area contributed by atoms with Gasteiger partial charge < -0.3 is 0 Å². The Balaban J connectivity index is 4.98. The second-order valence-corrected chi connectivity index (χ2v) is 20.5. The first-order chi connectivity index (χ1) is 17.0. The van der Waals surface area contributed by atoms with E-state index in [0.717, 1.165) is 10.6 Å². The van der Waals surface area contributed by atoms with Crippen LogP contribution in [-0.4, -0.2) is 84.9 Å². The topological polar surface area (TPSA) is 129 Å². The molecule has 38 heavy (non-hydrogen) atoms. The standard InChI is InChI=1S/C26H48N2O8Se2/c1-23(2,3)33-19(29)17(27-21(31)35-25(7,8)9)13-15-37-38-16-14-18(20(30)34-24(4,5)6)28-22(32)36-26(10,11)12/h17-18H,13-16H2,1-12H3,(H,27,31)(H,28,32)/t17-,18-/m0/s1. The fourth-order valence-electron chi connectivity index (χ4n) is 2.59. The molecule has 0 radical (unpaired) electrons. The summed E-state index contributed by atoms with van der Waals surface area (Å²) in [4.78, 5) is 49.9. The van der Waals surface area contributed by atoms with Gasteiger partial charge in [-0.05, 0) is 0 Å². The fourth-order valence-corrected chi connectivity index (χ4v) is 9.15. The third-order valence-electron chi connectivity index (χ3n) is 3.83. The molecule has 0 saturated heterocycles. The Hall–Kier alpha value is -1.48. The summed E-state index contributed by atoms with van der Waals surface area (Å²) in [7, 11) is 0. The summed E-state index contributed by atoms with van der Waals surface area (Å²) < 4.78 is 21.6. The molecular weight excluding hydrogens is 626 g/mol. The molecule has 0 unspecified atom stereocenters. The molecule has 2 atom stereocenters. The first kappa shape index (κ1) is 36.5. The summed E-state index contributed by atoms with van der Waals surface area (Å²) in [6, 6.07) is -1.63. The average molecular weight is 675 g/mol. The first-order valence-corrected chi connectivity index (χ1v) is 19.4. The van der Waals surface area contributed by atoms with Crippen molar-refractivity contribution in [2.24, 2.45) is 0 Å². The Labute approximate surface area is 239 Å². The number of hydrogen-bond donors (Lipinski definition) is 2. The summed E-state index contributed by atoms with van der Waals surface area (Å²) in [5, 5.41) is 6.73. The van der Waals surface area contributed by atoms with Crippen molar-refractivity contribution in [3.05, 3.63) is 0 Å². The number of carbonyl (C=O) groups excluding carboxylic acids is 4. The molecule has 10 nitrogen and oxygen atoms in total. The summed E-state index contributed by atoms with van der Waals surface area (Å²) in [6.07, 6.45) is -0.497. The van der Waals surface area contributed by atoms with Crippen molar-refractivity contribution in [2.45, 2.75) is 141 Å². The van der Waals surface area contributed by atoms with E-state index < -0.39 is 58.6 Å². The molecule has 0 aliphatic heterocycles. The van der Waals surface area contributed by atoms with Gasteiger partial charge >= 0.3 is 240 Å². The van der Waals surface area contributed by atoms with Gasteiger partial charge in [0.1, 0.15) is 0 Å². The maximum atomic E-state index is 12.7. The molecule has 0 rings (SSSR count). The predicted octanol–water partition coefficient (Wildman–Crippen LogP) is 4.40. The molecular formula is C26H48N2O8Se2. The molecule has 2 amide bonds. The van der Waals surface area contributed by atoms with E-state index in [4.69, 9.17) is 18.9 Å². The van der Waals surface area contributed by atoms with Gasteiger partial charge in [-0.2, -0.15) is 0 Å². The van der Waals surface area contributed by atoms with Crippen molar-refractivity contribution in [3.63, 3.8) is 0 Å². The minimum atomic E-state index is -0.815. The van der Waals surface area contributed by atoms with Crippen molar-refractivity contribution in [1.82, 2.24) is 10.6 Å². The van der Waals surface area contributed by atoms with E-state index >= 15 is 0 Å². The number of ether oxygens (including phenoxy) is 4. The molecule has 0 aromatic rings. The Kier molecular flexibility index (Phi) is 14.7. The molecule has 0 aromatic carbocycles. The fraction of sp³-hybridized carbons (Fsp3) is 0.846. The summed E-state index contributed by atoms with van der Waals surface area (Å²) in [5.41, 5.74) is -2.74. The van der Waals surface area contributed by atoms with Gasteiger partial charge in [0, 0.05) is 0 Å². The number of carbonyl (C=O) groups is 4. The predicted molar refractivity (Wildman–Crippen MR) is 148 cm³/mol. The van der Waals surface area contributed by atoms with Crippen LogP contribution in [0.5, 0.6) is 0 Å². The van der Waals surface area contributed by atoms with Crippen molar-refractivity contribution in [3.8, 4) is 0 Å². The second-order valence-electron chi connectivity index (χ2n) is 12.7. The van der Waals surface area contributed by atoms with E-state index in [1.807, 2.05) is 0 Å². The summed E-state index contributed by atoms with van der Waals surface area (Å²) in [6.45, 7) is 21.2. The van der Waals surface area contributed by atoms with E-state index in [0.29, 0.717) is 12.8 Å². The molecule has 0 spiro atoms. The van der Waals surface area contributed by atoms with Gasteiger partial charge in [0.05, 0.1) is 0 Å². The maximum absolute atomic E-state index is 12.7. The number of amides is 2. The average Bonchev–Trinajstić information content (AvgIpc) is 2.62. The molecule has 222 valence electrons. The number of alkyl carbamates (subject to hydrolysis) is 2. The van der Waals surface area contributed by atoms with Gasteiger partial charge in [-0.25, -0.2) is 0 Å². The molecule has 0 saturated carbocycles. The number of nitrogens with one attached hydrogen (secondary N) is 2. The number of rotatable bonds is 11. The summed E-state index contributed by atoms with van der Waals surface area (Å²) in [5.74, 6) is -1.00. The van der Waals surface area contributed by atoms with Crippen LogP contribution in [0.15, 0.2) is 0 Å². The third-order valence-corrected chi connectivity index (χ3v) is 11.3. The molecule has 2 N–H and O–H groups in total. The van der Waals surface area contributed by atoms with Crippen LogP contribution in [0, 0.1) is 0 Å². The van der Waals surface area contributed by atoms with Crippen molar-refractivity contribution in [2.75, 3.05) is 0 Å². The van der Waals surface area contributed by atoms with Crippen molar-refractivity contribution < 1.29 is 38.1 Å². The monoisotopic (exact) mass is 676 g/mol. The quantitative estimate of drug-likeness (QED) is 0.143. The molecule has 0 aliphatic carbocycles. The van der Waals surface area contributed by atoms with Gasteiger partial charge in [-0.3, -0.25) is 0 Å². The molecule has 0 aliphatic rings. The SMILES string of the molecule is CC(C)(C)OC(=O)N[C@@H](CC[Se][Se]CC[C@H](NC(=O)OC(C)(C)C)C(=O)OC(C)(C)C)C(=O)OC(C)(C)C.